The Morgan fingerprint density at radius 3 is 2.50 bits per heavy atom. The molecule has 2 fully saturated rings. The molecule has 0 unspecified atom stereocenters. The van der Waals surface area contributed by atoms with Crippen LogP contribution in [0.15, 0.2) is 47.5 Å². The topological polar surface area (TPSA) is 96.2 Å². The monoisotopic (exact) mass is 514 g/mol. The Morgan fingerprint density at radius 1 is 1.08 bits per heavy atom. The number of nitrogens with one attached hydrogen (secondary N) is 1. The van der Waals surface area contributed by atoms with E-state index in [1.54, 1.807) is 18.0 Å². The molecular formula is C29H31FN6O2. The van der Waals surface area contributed by atoms with E-state index < -0.39 is 6.67 Å². The Morgan fingerprint density at radius 2 is 1.82 bits per heavy atom. The molecular weight excluding hydrogens is 483 g/mol. The molecule has 0 spiro atoms. The fourth-order valence-corrected chi connectivity index (χ4v) is 5.85. The lowest BCUT2D eigenvalue weighted by molar-refractivity contribution is 0.0142. The smallest absolute Gasteiger partial charge is 0.274 e. The van der Waals surface area contributed by atoms with Crippen molar-refractivity contribution in [3.05, 3.63) is 69.9 Å². The molecule has 1 N–H and O–H groups in total. The van der Waals surface area contributed by atoms with Crippen molar-refractivity contribution in [1.82, 2.24) is 29.5 Å². The number of H-pyrrole nitrogens is 1. The van der Waals surface area contributed by atoms with E-state index in [4.69, 9.17) is 0 Å². The van der Waals surface area contributed by atoms with E-state index in [0.717, 1.165) is 5.56 Å². The maximum Gasteiger partial charge on any atom is 0.274 e. The number of hydrogen-bond acceptors (Lipinski definition) is 5. The maximum absolute atomic E-state index is 13.8. The number of aromatic nitrogens is 5. The maximum atomic E-state index is 13.8. The Hall–Kier alpha value is -3.88. The molecule has 1 saturated carbocycles. The number of benzene rings is 1. The number of halogens is 1. The Bertz CT molecular complexity index is 1550. The summed E-state index contributed by atoms with van der Waals surface area (Å²) in [5.74, 6) is 0.0836. The van der Waals surface area contributed by atoms with Crippen LogP contribution in [0.3, 0.4) is 0 Å². The lowest BCUT2D eigenvalue weighted by Crippen LogP contribution is -2.58. The van der Waals surface area contributed by atoms with Crippen molar-refractivity contribution in [2.75, 3.05) is 13.2 Å². The predicted molar refractivity (Wildman–Crippen MR) is 143 cm³/mol. The zero-order chi connectivity index (χ0) is 26.4. The molecule has 4 heterocycles. The number of carbonyl (C=O) groups excluding carboxylic acids is 1. The van der Waals surface area contributed by atoms with Gasteiger partial charge in [-0.1, -0.05) is 43.5 Å². The number of aromatic amines is 1. The average molecular weight is 515 g/mol. The van der Waals surface area contributed by atoms with Crippen LogP contribution in [0.25, 0.3) is 28.3 Å². The first-order valence-electron chi connectivity index (χ1n) is 13.4. The highest BCUT2D eigenvalue weighted by Gasteiger charge is 2.41. The summed E-state index contributed by atoms with van der Waals surface area (Å²) >= 11 is 0. The van der Waals surface area contributed by atoms with E-state index in [9.17, 15) is 14.0 Å². The quantitative estimate of drug-likeness (QED) is 0.407. The molecule has 9 heteroatoms. The van der Waals surface area contributed by atoms with E-state index in [1.165, 1.54) is 54.4 Å². The van der Waals surface area contributed by atoms with Gasteiger partial charge in [0.1, 0.15) is 17.0 Å². The molecule has 3 aromatic heterocycles. The highest BCUT2D eigenvalue weighted by molar-refractivity contribution is 6.06. The Kier molecular flexibility index (Phi) is 6.29. The van der Waals surface area contributed by atoms with Gasteiger partial charge in [-0.2, -0.15) is 9.61 Å². The van der Waals surface area contributed by atoms with Crippen molar-refractivity contribution < 1.29 is 9.18 Å². The molecule has 2 atom stereocenters. The zero-order valence-corrected chi connectivity index (χ0v) is 21.7. The third-order valence-electron chi connectivity index (χ3n) is 8.30. The van der Waals surface area contributed by atoms with Crippen molar-refractivity contribution in [3.63, 3.8) is 0 Å². The largest absolute Gasteiger partial charge is 0.339 e. The predicted octanol–water partition coefficient (Wildman–Crippen LogP) is 4.93. The first-order chi connectivity index (χ1) is 18.5. The van der Waals surface area contributed by atoms with Crippen LogP contribution in [-0.2, 0) is 0 Å². The highest BCUT2D eigenvalue weighted by atomic mass is 19.1. The molecule has 6 rings (SSSR count). The van der Waals surface area contributed by atoms with E-state index in [-0.39, 0.29) is 34.7 Å². The minimum atomic E-state index is -0.479. The Balaban J connectivity index is 1.46. The number of fused-ring (bicyclic) bond motifs is 1. The molecule has 1 amide bonds. The summed E-state index contributed by atoms with van der Waals surface area (Å²) in [5, 5.41) is 4.53. The van der Waals surface area contributed by atoms with Crippen molar-refractivity contribution in [3.8, 4) is 22.6 Å². The fourth-order valence-electron chi connectivity index (χ4n) is 5.85. The van der Waals surface area contributed by atoms with Crippen LogP contribution in [-0.4, -0.2) is 54.6 Å². The number of aryl methyl sites for hydroxylation is 1. The number of likely N-dealkylation sites (tertiary alicyclic amines) is 1. The van der Waals surface area contributed by atoms with Gasteiger partial charge in [-0.3, -0.25) is 23.9 Å². The van der Waals surface area contributed by atoms with E-state index in [2.05, 4.69) is 32.2 Å². The van der Waals surface area contributed by atoms with Crippen LogP contribution < -0.4 is 5.56 Å². The summed E-state index contributed by atoms with van der Waals surface area (Å²) in [5.41, 5.74) is 4.28. The van der Waals surface area contributed by atoms with E-state index >= 15 is 0 Å². The van der Waals surface area contributed by atoms with Crippen LogP contribution in [0.1, 0.15) is 66.6 Å². The molecule has 1 aliphatic carbocycles. The standard InChI is InChI=1S/C29H31FN6O2/c1-17-26(32-13-12-31-17)27-25(29(38)35-16-22(15-30)18(35)2)28-33-23(14-24(37)36(28)34-27)21-10-8-20(9-11-21)19-6-4-3-5-7-19/h8-14,18-19,22,33H,3-7,15-16H2,1-2H3/t18-,22-/m1/s1. The van der Waals surface area contributed by atoms with Gasteiger partial charge in [0.2, 0.25) is 0 Å². The Labute approximate surface area is 219 Å². The summed E-state index contributed by atoms with van der Waals surface area (Å²) in [7, 11) is 0. The molecule has 1 aromatic carbocycles. The van der Waals surface area contributed by atoms with Gasteiger partial charge in [-0.25, -0.2) is 0 Å². The summed E-state index contributed by atoms with van der Waals surface area (Å²) in [6.07, 6.45) is 9.38. The highest BCUT2D eigenvalue weighted by Crippen LogP contribution is 2.35. The second-order valence-corrected chi connectivity index (χ2v) is 10.6. The van der Waals surface area contributed by atoms with Gasteiger partial charge in [-0.15, -0.1) is 0 Å². The molecule has 196 valence electrons. The third-order valence-corrected chi connectivity index (χ3v) is 8.30. The van der Waals surface area contributed by atoms with Crippen molar-refractivity contribution in [2.45, 2.75) is 57.9 Å². The fraction of sp³-hybridized carbons (Fsp3) is 0.414. The van der Waals surface area contributed by atoms with Gasteiger partial charge >= 0.3 is 0 Å². The van der Waals surface area contributed by atoms with Gasteiger partial charge in [0, 0.05) is 37.0 Å². The van der Waals surface area contributed by atoms with Gasteiger partial charge in [0.15, 0.2) is 5.65 Å². The van der Waals surface area contributed by atoms with Crippen LogP contribution in [0.2, 0.25) is 0 Å². The lowest BCUT2D eigenvalue weighted by Gasteiger charge is -2.45. The molecule has 0 bridgehead atoms. The van der Waals surface area contributed by atoms with Crippen LogP contribution in [0.5, 0.6) is 0 Å². The van der Waals surface area contributed by atoms with Gasteiger partial charge in [0.25, 0.3) is 11.5 Å². The van der Waals surface area contributed by atoms with Crippen LogP contribution >= 0.6 is 0 Å². The second-order valence-electron chi connectivity index (χ2n) is 10.6. The molecule has 4 aromatic rings. The SMILES string of the molecule is Cc1nccnc1-c1nn2c(=O)cc(-c3ccc(C4CCCCC4)cc3)[nH]c2c1C(=O)N1C[C@@H](CF)[C@H]1C. The summed E-state index contributed by atoms with van der Waals surface area (Å²) in [6, 6.07) is 9.59. The molecule has 38 heavy (non-hydrogen) atoms. The van der Waals surface area contributed by atoms with E-state index in [0.29, 0.717) is 35.2 Å². The minimum absolute atomic E-state index is 0.195. The summed E-state index contributed by atoms with van der Waals surface area (Å²) in [6.45, 7) is 3.46. The van der Waals surface area contributed by atoms with Crippen LogP contribution in [0.4, 0.5) is 4.39 Å². The minimum Gasteiger partial charge on any atom is -0.339 e. The number of nitrogens with zero attached hydrogens (tertiary/aromatic N) is 5. The van der Waals surface area contributed by atoms with Gasteiger partial charge in [-0.05, 0) is 43.7 Å². The van der Waals surface area contributed by atoms with Crippen molar-refractivity contribution in [2.24, 2.45) is 5.92 Å². The lowest BCUT2D eigenvalue weighted by atomic mass is 9.84. The molecule has 8 nitrogen and oxygen atoms in total. The van der Waals surface area contributed by atoms with Crippen LogP contribution in [0, 0.1) is 12.8 Å². The third kappa shape index (κ3) is 4.10. The molecule has 2 aliphatic rings. The van der Waals surface area contributed by atoms with Gasteiger partial charge in [0.05, 0.1) is 18.1 Å². The average Bonchev–Trinajstić information content (AvgIpc) is 3.33. The number of rotatable bonds is 5. The number of hydrogen-bond donors (Lipinski definition) is 1. The summed E-state index contributed by atoms with van der Waals surface area (Å²) in [4.78, 5) is 40.8. The first kappa shape index (κ1) is 24.5. The molecule has 0 radical (unpaired) electrons. The van der Waals surface area contributed by atoms with Crippen molar-refractivity contribution in [1.29, 1.82) is 0 Å². The molecule has 1 aliphatic heterocycles. The van der Waals surface area contributed by atoms with Crippen molar-refractivity contribution >= 4 is 11.6 Å². The first-order valence-corrected chi connectivity index (χ1v) is 13.4. The summed E-state index contributed by atoms with van der Waals surface area (Å²) < 4.78 is 14.6. The molecule has 1 saturated heterocycles. The van der Waals surface area contributed by atoms with E-state index in [1.807, 2.05) is 19.1 Å². The number of carbonyl (C=O) groups is 1. The second kappa shape index (κ2) is 9.78. The normalized spacial score (nSPS) is 20.0. The zero-order valence-electron chi connectivity index (χ0n) is 21.7. The van der Waals surface area contributed by atoms with Gasteiger partial charge < -0.3 is 9.88 Å². The number of alkyl halides is 1. The number of amides is 1.